The Balaban J connectivity index is 2.15. The fourth-order valence-electron chi connectivity index (χ4n) is 2.47. The maximum absolute atomic E-state index is 12.4. The van der Waals surface area contributed by atoms with Crippen LogP contribution in [0.4, 0.5) is 0 Å². The first-order chi connectivity index (χ1) is 12.0. The largest absolute Gasteiger partial charge is 0.494 e. The van der Waals surface area contributed by atoms with Gasteiger partial charge < -0.3 is 15.2 Å². The molecule has 0 radical (unpaired) electrons. The monoisotopic (exact) mass is 341 g/mol. The van der Waals surface area contributed by atoms with E-state index in [4.69, 9.17) is 9.84 Å². The Morgan fingerprint density at radius 3 is 2.48 bits per heavy atom. The first-order valence-electron chi connectivity index (χ1n) is 8.31. The summed E-state index contributed by atoms with van der Waals surface area (Å²) in [6.45, 7) is 4.56. The quantitative estimate of drug-likeness (QED) is 0.767. The summed E-state index contributed by atoms with van der Waals surface area (Å²) in [5.41, 5.74) is 2.21. The third-order valence-electron chi connectivity index (χ3n) is 3.72. The molecule has 0 unspecified atom stereocenters. The highest BCUT2D eigenvalue weighted by Crippen LogP contribution is 2.21. The Labute approximate surface area is 147 Å². The van der Waals surface area contributed by atoms with Gasteiger partial charge in [-0.15, -0.1) is 0 Å². The summed E-state index contributed by atoms with van der Waals surface area (Å²) in [6.07, 6.45) is 0.725. The number of hydrogen-bond donors (Lipinski definition) is 2. The first-order valence-corrected chi connectivity index (χ1v) is 8.31. The van der Waals surface area contributed by atoms with E-state index in [-0.39, 0.29) is 12.3 Å². The van der Waals surface area contributed by atoms with Crippen molar-refractivity contribution in [1.29, 1.82) is 0 Å². The fraction of sp³-hybridized carbons (Fsp3) is 0.300. The van der Waals surface area contributed by atoms with Crippen molar-refractivity contribution >= 4 is 11.9 Å². The van der Waals surface area contributed by atoms with Crippen LogP contribution in [-0.4, -0.2) is 23.6 Å². The molecule has 25 heavy (non-hydrogen) atoms. The Morgan fingerprint density at radius 1 is 1.16 bits per heavy atom. The number of aryl methyl sites for hydroxylation is 1. The number of carbonyl (C=O) groups is 2. The third-order valence-corrected chi connectivity index (χ3v) is 3.72. The lowest BCUT2D eigenvalue weighted by atomic mass is 10.0. The molecule has 0 aliphatic rings. The lowest BCUT2D eigenvalue weighted by Gasteiger charge is -2.18. The fourth-order valence-corrected chi connectivity index (χ4v) is 2.47. The minimum atomic E-state index is -0.971. The topological polar surface area (TPSA) is 75.6 Å². The van der Waals surface area contributed by atoms with Gasteiger partial charge >= 0.3 is 5.97 Å². The minimum absolute atomic E-state index is 0.188. The Morgan fingerprint density at radius 2 is 1.88 bits per heavy atom. The Hall–Kier alpha value is -2.82. The van der Waals surface area contributed by atoms with Crippen LogP contribution in [-0.2, 0) is 4.79 Å². The van der Waals surface area contributed by atoms with Gasteiger partial charge in [0.25, 0.3) is 5.91 Å². The van der Waals surface area contributed by atoms with Gasteiger partial charge in [-0.1, -0.05) is 36.8 Å². The highest BCUT2D eigenvalue weighted by atomic mass is 16.5. The van der Waals surface area contributed by atoms with Gasteiger partial charge in [-0.3, -0.25) is 9.59 Å². The second kappa shape index (κ2) is 8.87. The first kappa shape index (κ1) is 18.5. The molecular formula is C20H23NO4. The van der Waals surface area contributed by atoms with Gasteiger partial charge in [0.15, 0.2) is 0 Å². The van der Waals surface area contributed by atoms with Gasteiger partial charge in [-0.25, -0.2) is 0 Å². The van der Waals surface area contributed by atoms with E-state index in [1.165, 1.54) is 0 Å². The van der Waals surface area contributed by atoms with E-state index >= 15 is 0 Å². The molecule has 0 heterocycles. The van der Waals surface area contributed by atoms with Crippen LogP contribution in [0, 0.1) is 6.92 Å². The molecule has 2 aromatic carbocycles. The minimum Gasteiger partial charge on any atom is -0.494 e. The van der Waals surface area contributed by atoms with E-state index in [0.717, 1.165) is 23.3 Å². The molecule has 1 atom stereocenters. The number of carboxylic acids is 1. The van der Waals surface area contributed by atoms with Crippen molar-refractivity contribution in [2.75, 3.05) is 6.61 Å². The molecule has 2 rings (SSSR count). The van der Waals surface area contributed by atoms with Crippen LogP contribution in [0.25, 0.3) is 0 Å². The average Bonchev–Trinajstić information content (AvgIpc) is 2.59. The number of benzene rings is 2. The van der Waals surface area contributed by atoms with Crippen molar-refractivity contribution in [3.8, 4) is 5.75 Å². The van der Waals surface area contributed by atoms with Gasteiger partial charge in [0.05, 0.1) is 19.1 Å². The molecule has 0 fully saturated rings. The van der Waals surface area contributed by atoms with Gasteiger partial charge in [-0.2, -0.15) is 0 Å². The van der Waals surface area contributed by atoms with Crippen molar-refractivity contribution in [1.82, 2.24) is 5.32 Å². The van der Waals surface area contributed by atoms with Crippen molar-refractivity contribution in [2.24, 2.45) is 0 Å². The zero-order chi connectivity index (χ0) is 18.2. The lowest BCUT2D eigenvalue weighted by Crippen LogP contribution is -2.30. The molecule has 0 spiro atoms. The van der Waals surface area contributed by atoms with E-state index < -0.39 is 12.0 Å². The summed E-state index contributed by atoms with van der Waals surface area (Å²) in [5.74, 6) is -0.535. The van der Waals surface area contributed by atoms with Crippen LogP contribution in [0.3, 0.4) is 0 Å². The number of hydrogen-bond acceptors (Lipinski definition) is 3. The SMILES string of the molecule is CCCOc1ccc([C@@H](CC(=O)O)NC(=O)c2cccc(C)c2)cc1. The highest BCUT2D eigenvalue weighted by Gasteiger charge is 2.19. The van der Waals surface area contributed by atoms with Crippen LogP contribution in [0.2, 0.25) is 0 Å². The van der Waals surface area contributed by atoms with Crippen LogP contribution >= 0.6 is 0 Å². The van der Waals surface area contributed by atoms with E-state index in [1.54, 1.807) is 42.5 Å². The summed E-state index contributed by atoms with van der Waals surface area (Å²) in [6, 6.07) is 13.7. The number of carboxylic acid groups (broad SMARTS) is 1. The van der Waals surface area contributed by atoms with Gasteiger partial charge in [-0.05, 0) is 43.2 Å². The van der Waals surface area contributed by atoms with E-state index in [2.05, 4.69) is 5.32 Å². The molecule has 0 bridgehead atoms. The van der Waals surface area contributed by atoms with E-state index in [9.17, 15) is 9.59 Å². The Kier molecular flexibility index (Phi) is 6.57. The second-order valence-electron chi connectivity index (χ2n) is 5.91. The zero-order valence-electron chi connectivity index (χ0n) is 14.5. The molecule has 5 heteroatoms. The maximum Gasteiger partial charge on any atom is 0.305 e. The van der Waals surface area contributed by atoms with Crippen molar-refractivity contribution < 1.29 is 19.4 Å². The number of aliphatic carboxylic acids is 1. The van der Waals surface area contributed by atoms with E-state index in [1.807, 2.05) is 19.9 Å². The Bertz CT molecular complexity index is 725. The molecule has 1 amide bonds. The summed E-state index contributed by atoms with van der Waals surface area (Å²) in [4.78, 5) is 23.6. The van der Waals surface area contributed by atoms with Crippen LogP contribution in [0.15, 0.2) is 48.5 Å². The van der Waals surface area contributed by atoms with Gasteiger partial charge in [0.2, 0.25) is 0 Å². The normalized spacial score (nSPS) is 11.6. The predicted octanol–water partition coefficient (Wildman–Crippen LogP) is 3.73. The number of carbonyl (C=O) groups excluding carboxylic acids is 1. The number of ether oxygens (including phenoxy) is 1. The standard InChI is InChI=1S/C20H23NO4/c1-3-11-25-17-9-7-15(8-10-17)18(13-19(22)23)21-20(24)16-6-4-5-14(2)12-16/h4-10,12,18H,3,11,13H2,1-2H3,(H,21,24)(H,22,23)/t18-/m1/s1. The van der Waals surface area contributed by atoms with Crippen molar-refractivity contribution in [2.45, 2.75) is 32.7 Å². The van der Waals surface area contributed by atoms with Crippen molar-refractivity contribution in [3.05, 3.63) is 65.2 Å². The molecular weight excluding hydrogens is 318 g/mol. The summed E-state index contributed by atoms with van der Waals surface area (Å²) >= 11 is 0. The lowest BCUT2D eigenvalue weighted by molar-refractivity contribution is -0.137. The molecule has 0 aliphatic heterocycles. The van der Waals surface area contributed by atoms with Gasteiger partial charge in [0.1, 0.15) is 5.75 Å². The number of rotatable bonds is 8. The van der Waals surface area contributed by atoms with Gasteiger partial charge in [0, 0.05) is 5.56 Å². The van der Waals surface area contributed by atoms with E-state index in [0.29, 0.717) is 12.2 Å². The molecule has 0 aliphatic carbocycles. The molecule has 0 saturated carbocycles. The molecule has 2 aromatic rings. The third kappa shape index (κ3) is 5.64. The van der Waals surface area contributed by atoms with Crippen LogP contribution in [0.1, 0.15) is 47.3 Å². The average molecular weight is 341 g/mol. The molecule has 0 saturated heterocycles. The van der Waals surface area contributed by atoms with Crippen LogP contribution in [0.5, 0.6) is 5.75 Å². The van der Waals surface area contributed by atoms with Crippen molar-refractivity contribution in [3.63, 3.8) is 0 Å². The summed E-state index contributed by atoms with van der Waals surface area (Å²) in [7, 11) is 0. The second-order valence-corrected chi connectivity index (χ2v) is 5.91. The molecule has 5 nitrogen and oxygen atoms in total. The zero-order valence-corrected chi connectivity index (χ0v) is 14.5. The smallest absolute Gasteiger partial charge is 0.305 e. The number of amides is 1. The molecule has 0 aromatic heterocycles. The molecule has 2 N–H and O–H groups in total. The van der Waals surface area contributed by atoms with Crippen LogP contribution < -0.4 is 10.1 Å². The summed E-state index contributed by atoms with van der Waals surface area (Å²) in [5, 5.41) is 12.0. The maximum atomic E-state index is 12.4. The number of nitrogens with one attached hydrogen (secondary N) is 1. The highest BCUT2D eigenvalue weighted by molar-refractivity contribution is 5.94. The predicted molar refractivity (Wildman–Crippen MR) is 95.9 cm³/mol. The summed E-state index contributed by atoms with van der Waals surface area (Å²) < 4.78 is 5.53. The molecule has 132 valence electrons.